The van der Waals surface area contributed by atoms with Crippen molar-refractivity contribution < 1.29 is 23.5 Å². The predicted molar refractivity (Wildman–Crippen MR) is 81.5 cm³/mol. The molecule has 0 bridgehead atoms. The first-order valence-electron chi connectivity index (χ1n) is 7.38. The first-order valence-corrected chi connectivity index (χ1v) is 7.38. The van der Waals surface area contributed by atoms with Crippen molar-refractivity contribution >= 4 is 11.8 Å². The molecule has 5 nitrogen and oxygen atoms in total. The Morgan fingerprint density at radius 1 is 1.13 bits per heavy atom. The lowest BCUT2D eigenvalue weighted by Gasteiger charge is -2.23. The minimum atomic E-state index is -0.781. The summed E-state index contributed by atoms with van der Waals surface area (Å²) in [6.45, 7) is 5.21. The van der Waals surface area contributed by atoms with Crippen molar-refractivity contribution in [3.05, 3.63) is 35.4 Å². The molecule has 0 aliphatic carbocycles. The number of rotatable bonds is 7. The molecular formula is C16H22F2N2O3. The molecule has 1 unspecified atom stereocenters. The normalized spacial score (nSPS) is 13.7. The SMILES string of the molecule is CC(C)C(CO)N[C@@H](C)C(=O)NC(=O)Cc1cc(F)cc(F)c1. The summed E-state index contributed by atoms with van der Waals surface area (Å²) in [6.07, 6.45) is -0.305. The molecule has 7 heteroatoms. The first-order chi connectivity index (χ1) is 10.7. The molecule has 1 aromatic rings. The van der Waals surface area contributed by atoms with E-state index in [4.69, 9.17) is 0 Å². The average molecular weight is 328 g/mol. The maximum Gasteiger partial charge on any atom is 0.243 e. The average Bonchev–Trinajstić information content (AvgIpc) is 2.42. The zero-order chi connectivity index (χ0) is 17.6. The molecule has 128 valence electrons. The van der Waals surface area contributed by atoms with Gasteiger partial charge < -0.3 is 10.4 Å². The fourth-order valence-corrected chi connectivity index (χ4v) is 2.04. The lowest BCUT2D eigenvalue weighted by molar-refractivity contribution is -0.131. The molecular weight excluding hydrogens is 306 g/mol. The van der Waals surface area contributed by atoms with E-state index in [0.717, 1.165) is 12.1 Å². The van der Waals surface area contributed by atoms with E-state index in [9.17, 15) is 23.5 Å². The first kappa shape index (κ1) is 19.2. The minimum Gasteiger partial charge on any atom is -0.395 e. The fourth-order valence-electron chi connectivity index (χ4n) is 2.04. The number of aliphatic hydroxyl groups is 1. The Morgan fingerprint density at radius 2 is 1.70 bits per heavy atom. The summed E-state index contributed by atoms with van der Waals surface area (Å²) in [6, 6.07) is 1.82. The fraction of sp³-hybridized carbons (Fsp3) is 0.500. The van der Waals surface area contributed by atoms with Crippen molar-refractivity contribution in [3.8, 4) is 0 Å². The quantitative estimate of drug-likeness (QED) is 0.701. The number of aliphatic hydroxyl groups excluding tert-OH is 1. The van der Waals surface area contributed by atoms with Crippen LogP contribution in [0.25, 0.3) is 0 Å². The summed E-state index contributed by atoms with van der Waals surface area (Å²) in [5, 5.41) is 14.3. The Bertz CT molecular complexity index is 544. The zero-order valence-corrected chi connectivity index (χ0v) is 13.4. The van der Waals surface area contributed by atoms with Crippen molar-refractivity contribution in [2.24, 2.45) is 5.92 Å². The Balaban J connectivity index is 2.57. The van der Waals surface area contributed by atoms with Gasteiger partial charge in [-0.15, -0.1) is 0 Å². The third kappa shape index (κ3) is 6.42. The van der Waals surface area contributed by atoms with Gasteiger partial charge in [0.15, 0.2) is 0 Å². The molecule has 0 spiro atoms. The van der Waals surface area contributed by atoms with Gasteiger partial charge >= 0.3 is 0 Å². The van der Waals surface area contributed by atoms with Gasteiger partial charge in [-0.2, -0.15) is 0 Å². The molecule has 0 saturated heterocycles. The minimum absolute atomic E-state index is 0.112. The Hall–Kier alpha value is -1.86. The number of carbonyl (C=O) groups excluding carboxylic acids is 2. The van der Waals surface area contributed by atoms with Crippen LogP contribution < -0.4 is 10.6 Å². The third-order valence-corrected chi connectivity index (χ3v) is 3.41. The molecule has 0 aliphatic rings. The van der Waals surface area contributed by atoms with E-state index in [2.05, 4.69) is 10.6 Å². The summed E-state index contributed by atoms with van der Waals surface area (Å²) in [5.41, 5.74) is 0.142. The summed E-state index contributed by atoms with van der Waals surface area (Å²) in [5.74, 6) is -2.67. The maximum atomic E-state index is 13.1. The number of amides is 2. The van der Waals surface area contributed by atoms with Crippen LogP contribution in [0.1, 0.15) is 26.3 Å². The highest BCUT2D eigenvalue weighted by Crippen LogP contribution is 2.08. The smallest absolute Gasteiger partial charge is 0.243 e. The predicted octanol–water partition coefficient (Wildman–Crippen LogP) is 1.15. The Labute approximate surface area is 134 Å². The molecule has 3 N–H and O–H groups in total. The highest BCUT2D eigenvalue weighted by molar-refractivity contribution is 5.98. The molecule has 2 atom stereocenters. The van der Waals surface area contributed by atoms with E-state index in [1.165, 1.54) is 0 Å². The third-order valence-electron chi connectivity index (χ3n) is 3.41. The lowest BCUT2D eigenvalue weighted by Crippen LogP contribution is -2.51. The van der Waals surface area contributed by atoms with Gasteiger partial charge in [-0.1, -0.05) is 13.8 Å². The molecule has 0 saturated carbocycles. The molecule has 1 rings (SSSR count). The van der Waals surface area contributed by atoms with Gasteiger partial charge in [0, 0.05) is 12.1 Å². The van der Waals surface area contributed by atoms with E-state index < -0.39 is 29.5 Å². The highest BCUT2D eigenvalue weighted by atomic mass is 19.1. The summed E-state index contributed by atoms with van der Waals surface area (Å²) in [4.78, 5) is 23.7. The van der Waals surface area contributed by atoms with Gasteiger partial charge in [0.1, 0.15) is 11.6 Å². The van der Waals surface area contributed by atoms with Crippen LogP contribution in [-0.2, 0) is 16.0 Å². The van der Waals surface area contributed by atoms with Crippen LogP contribution in [0.2, 0.25) is 0 Å². The summed E-state index contributed by atoms with van der Waals surface area (Å²) in [7, 11) is 0. The Morgan fingerprint density at radius 3 is 2.17 bits per heavy atom. The van der Waals surface area contributed by atoms with Crippen molar-refractivity contribution in [1.82, 2.24) is 10.6 Å². The van der Waals surface area contributed by atoms with Crippen LogP contribution in [0.4, 0.5) is 8.78 Å². The molecule has 1 aromatic carbocycles. The van der Waals surface area contributed by atoms with E-state index in [-0.39, 0.29) is 30.6 Å². The van der Waals surface area contributed by atoms with Crippen LogP contribution in [0, 0.1) is 17.6 Å². The lowest BCUT2D eigenvalue weighted by atomic mass is 10.0. The number of imide groups is 1. The standard InChI is InChI=1S/C16H22F2N2O3/c1-9(2)14(8-21)19-10(3)16(23)20-15(22)6-11-4-12(17)7-13(18)5-11/h4-5,7,9-10,14,19,21H,6,8H2,1-3H3,(H,20,22,23)/t10-,14?/m0/s1. The van der Waals surface area contributed by atoms with Crippen molar-refractivity contribution in [2.75, 3.05) is 6.61 Å². The zero-order valence-electron chi connectivity index (χ0n) is 13.4. The highest BCUT2D eigenvalue weighted by Gasteiger charge is 2.21. The van der Waals surface area contributed by atoms with E-state index in [1.54, 1.807) is 6.92 Å². The van der Waals surface area contributed by atoms with Crippen molar-refractivity contribution in [1.29, 1.82) is 0 Å². The van der Waals surface area contributed by atoms with Crippen molar-refractivity contribution in [2.45, 2.75) is 39.3 Å². The second-order valence-corrected chi connectivity index (χ2v) is 5.79. The second-order valence-electron chi connectivity index (χ2n) is 5.79. The number of benzene rings is 1. The number of hydrogen-bond donors (Lipinski definition) is 3. The molecule has 0 aromatic heterocycles. The van der Waals surface area contributed by atoms with E-state index in [0.29, 0.717) is 6.07 Å². The maximum absolute atomic E-state index is 13.1. The Kier molecular flexibility index (Phi) is 7.25. The van der Waals surface area contributed by atoms with E-state index in [1.807, 2.05) is 13.8 Å². The van der Waals surface area contributed by atoms with Gasteiger partial charge in [-0.05, 0) is 30.5 Å². The molecule has 2 amide bonds. The number of hydrogen-bond acceptors (Lipinski definition) is 4. The summed E-state index contributed by atoms with van der Waals surface area (Å²) >= 11 is 0. The molecule has 0 fully saturated rings. The summed E-state index contributed by atoms with van der Waals surface area (Å²) < 4.78 is 26.1. The van der Waals surface area contributed by atoms with E-state index >= 15 is 0 Å². The van der Waals surface area contributed by atoms with Crippen LogP contribution >= 0.6 is 0 Å². The van der Waals surface area contributed by atoms with Crippen LogP contribution in [-0.4, -0.2) is 35.6 Å². The number of halogens is 2. The topological polar surface area (TPSA) is 78.4 Å². The largest absolute Gasteiger partial charge is 0.395 e. The molecule has 0 aliphatic heterocycles. The van der Waals surface area contributed by atoms with Crippen LogP contribution in [0.5, 0.6) is 0 Å². The molecule has 23 heavy (non-hydrogen) atoms. The monoisotopic (exact) mass is 328 g/mol. The van der Waals surface area contributed by atoms with Crippen LogP contribution in [0.3, 0.4) is 0 Å². The molecule has 0 heterocycles. The van der Waals surface area contributed by atoms with Gasteiger partial charge in [0.2, 0.25) is 11.8 Å². The second kappa shape index (κ2) is 8.69. The van der Waals surface area contributed by atoms with Gasteiger partial charge in [-0.3, -0.25) is 14.9 Å². The van der Waals surface area contributed by atoms with Crippen molar-refractivity contribution in [3.63, 3.8) is 0 Å². The van der Waals surface area contributed by atoms with Gasteiger partial charge in [-0.25, -0.2) is 8.78 Å². The van der Waals surface area contributed by atoms with Gasteiger partial charge in [0.25, 0.3) is 0 Å². The number of nitrogens with one attached hydrogen (secondary N) is 2. The number of carbonyl (C=O) groups is 2. The molecule has 0 radical (unpaired) electrons. The van der Waals surface area contributed by atoms with Crippen LogP contribution in [0.15, 0.2) is 18.2 Å². The van der Waals surface area contributed by atoms with Gasteiger partial charge in [0.05, 0.1) is 19.1 Å².